The fourth-order valence-corrected chi connectivity index (χ4v) is 8.35. The second-order valence-corrected chi connectivity index (χ2v) is 13.0. The summed E-state index contributed by atoms with van der Waals surface area (Å²) in [5.41, 5.74) is 3.77. The topological polar surface area (TPSA) is 37.4 Å². The first-order chi connectivity index (χ1) is 22.9. The van der Waals surface area contributed by atoms with Gasteiger partial charge in [-0.05, 0) is 93.9 Å². The van der Waals surface area contributed by atoms with Crippen LogP contribution in [0.2, 0.25) is 0 Å². The molecule has 9 rings (SSSR count). The summed E-state index contributed by atoms with van der Waals surface area (Å²) in [5, 5.41) is 6.89. The second kappa shape index (κ2) is 10.3. The summed E-state index contributed by atoms with van der Waals surface area (Å²) >= 11 is 0. The zero-order chi connectivity index (χ0) is 31.9. The highest BCUT2D eigenvalue weighted by atomic mass is 19.2. The van der Waals surface area contributed by atoms with E-state index in [-0.39, 0.29) is 22.1 Å². The van der Waals surface area contributed by atoms with Gasteiger partial charge in [0.2, 0.25) is 0 Å². The molecule has 1 saturated carbocycles. The third kappa shape index (κ3) is 4.02. The van der Waals surface area contributed by atoms with Gasteiger partial charge < -0.3 is 4.90 Å². The Hall–Kier alpha value is -5.42. The first kappa shape index (κ1) is 27.9. The van der Waals surface area contributed by atoms with Gasteiger partial charge in [0.05, 0.1) is 16.9 Å². The van der Waals surface area contributed by atoms with E-state index < -0.39 is 23.2 Å². The van der Waals surface area contributed by atoms with Crippen molar-refractivity contribution in [1.82, 2.24) is 0 Å². The summed E-state index contributed by atoms with van der Waals surface area (Å²) in [5.74, 6) is -3.44. The van der Waals surface area contributed by atoms with Crippen molar-refractivity contribution in [2.75, 3.05) is 4.90 Å². The molecule has 3 nitrogen and oxygen atoms in total. The van der Waals surface area contributed by atoms with Gasteiger partial charge in [-0.3, -0.25) is 9.59 Å². The number of hydrogen-bond acceptors (Lipinski definition) is 3. The number of hydrogen-bond donors (Lipinski definition) is 0. The van der Waals surface area contributed by atoms with Gasteiger partial charge in [-0.2, -0.15) is 0 Å². The van der Waals surface area contributed by atoms with Gasteiger partial charge in [-0.15, -0.1) is 0 Å². The minimum atomic E-state index is -1.14. The molecule has 0 N–H and O–H groups in total. The van der Waals surface area contributed by atoms with E-state index in [1.807, 2.05) is 18.2 Å². The largest absolute Gasteiger partial charge is 0.312 e. The molecule has 1 spiro atoms. The average Bonchev–Trinajstić information content (AvgIpc) is 3.49. The van der Waals surface area contributed by atoms with Crippen molar-refractivity contribution in [3.05, 3.63) is 155 Å². The number of allylic oxidation sites excluding steroid dienone is 4. The van der Waals surface area contributed by atoms with E-state index in [2.05, 4.69) is 83.8 Å². The van der Waals surface area contributed by atoms with Crippen LogP contribution in [0.3, 0.4) is 0 Å². The van der Waals surface area contributed by atoms with Crippen LogP contribution in [-0.4, -0.2) is 11.6 Å². The van der Waals surface area contributed by atoms with E-state index in [0.717, 1.165) is 77.5 Å². The van der Waals surface area contributed by atoms with Crippen molar-refractivity contribution in [2.24, 2.45) is 0 Å². The molecule has 3 aliphatic rings. The Morgan fingerprint density at radius 3 is 1.94 bits per heavy atom. The molecule has 0 atom stereocenters. The maximum absolute atomic E-state index is 14.1. The average molecular weight is 618 g/mol. The first-order valence-electron chi connectivity index (χ1n) is 16.2. The van der Waals surface area contributed by atoms with E-state index in [1.54, 1.807) is 6.08 Å². The number of nitrogens with zero attached hydrogens (tertiary/aromatic N) is 1. The lowest BCUT2D eigenvalue weighted by molar-refractivity contribution is 0.0988. The van der Waals surface area contributed by atoms with E-state index in [0.29, 0.717) is 0 Å². The van der Waals surface area contributed by atoms with Crippen LogP contribution >= 0.6 is 0 Å². The Morgan fingerprint density at radius 2 is 1.21 bits per heavy atom. The van der Waals surface area contributed by atoms with Gasteiger partial charge in [-0.1, -0.05) is 86.0 Å². The number of ketones is 2. The van der Waals surface area contributed by atoms with Crippen molar-refractivity contribution >= 4 is 55.3 Å². The Labute approximate surface area is 270 Å². The van der Waals surface area contributed by atoms with Crippen LogP contribution in [0.15, 0.2) is 127 Å². The smallest absolute Gasteiger partial charge is 0.197 e. The van der Waals surface area contributed by atoms with E-state index in [1.165, 1.54) is 21.7 Å². The van der Waals surface area contributed by atoms with Gasteiger partial charge in [0.1, 0.15) is 0 Å². The van der Waals surface area contributed by atoms with Gasteiger partial charge in [0.25, 0.3) is 0 Å². The molecule has 0 aromatic heterocycles. The summed E-state index contributed by atoms with van der Waals surface area (Å²) in [6, 6.07) is 33.7. The van der Waals surface area contributed by atoms with Crippen molar-refractivity contribution in [2.45, 2.75) is 37.5 Å². The predicted octanol–water partition coefficient (Wildman–Crippen LogP) is 10.7. The first-order valence-corrected chi connectivity index (χ1v) is 16.2. The number of benzene rings is 6. The van der Waals surface area contributed by atoms with E-state index in [4.69, 9.17) is 0 Å². The third-order valence-corrected chi connectivity index (χ3v) is 10.5. The molecule has 1 fully saturated rings. The van der Waals surface area contributed by atoms with Gasteiger partial charge in [-0.25, -0.2) is 8.78 Å². The quantitative estimate of drug-likeness (QED) is 0.110. The standard InChI is InChI=1S/C42H29F2NO2/c43-34-23-32-33(24-35(34)44)41(47)30(40(32)46)16-18-38-42(19-6-1-7-20-42)39-29-13-5-4-9-25(29)15-17-37(39)45(38)36-14-8-12-28-21-26-10-2-3-11-27(26)22-31(28)36/h2-5,8-18,21-24H,1,6-7,19-20H2/b38-18-. The van der Waals surface area contributed by atoms with Crippen LogP contribution in [0.25, 0.3) is 32.3 Å². The molecule has 0 unspecified atom stereocenters. The molecular formula is C42H29F2NO2. The van der Waals surface area contributed by atoms with Crippen molar-refractivity contribution in [3.8, 4) is 0 Å². The lowest BCUT2D eigenvalue weighted by Crippen LogP contribution is -2.32. The summed E-state index contributed by atoms with van der Waals surface area (Å²) < 4.78 is 28.3. The highest BCUT2D eigenvalue weighted by Gasteiger charge is 2.49. The monoisotopic (exact) mass is 617 g/mol. The van der Waals surface area contributed by atoms with Crippen molar-refractivity contribution in [3.63, 3.8) is 0 Å². The minimum Gasteiger partial charge on any atom is -0.312 e. The molecule has 6 aromatic rings. The Bertz CT molecular complexity index is 2370. The maximum atomic E-state index is 14.1. The second-order valence-electron chi connectivity index (χ2n) is 13.0. The molecule has 0 amide bonds. The van der Waals surface area contributed by atoms with E-state index >= 15 is 0 Å². The summed E-state index contributed by atoms with van der Waals surface area (Å²) in [6.45, 7) is 0. The van der Waals surface area contributed by atoms with Crippen molar-refractivity contribution < 1.29 is 18.4 Å². The number of anilines is 2. The summed E-state index contributed by atoms with van der Waals surface area (Å²) in [7, 11) is 0. The van der Waals surface area contributed by atoms with E-state index in [9.17, 15) is 18.4 Å². The van der Waals surface area contributed by atoms with Crippen LogP contribution in [0.5, 0.6) is 0 Å². The van der Waals surface area contributed by atoms with Crippen LogP contribution in [-0.2, 0) is 5.41 Å². The normalized spacial score (nSPS) is 17.8. The molecule has 5 heteroatoms. The predicted molar refractivity (Wildman–Crippen MR) is 183 cm³/mol. The van der Waals surface area contributed by atoms with Gasteiger partial charge in [0, 0.05) is 27.6 Å². The molecule has 228 valence electrons. The summed E-state index contributed by atoms with van der Waals surface area (Å²) in [4.78, 5) is 29.3. The maximum Gasteiger partial charge on any atom is 0.197 e. The molecule has 0 bridgehead atoms. The zero-order valence-corrected chi connectivity index (χ0v) is 25.5. The number of carbonyl (C=O) groups excluding carboxylic acids is 2. The molecule has 0 saturated heterocycles. The molecule has 2 aliphatic carbocycles. The van der Waals surface area contributed by atoms with Crippen LogP contribution in [0.4, 0.5) is 20.2 Å². The number of rotatable bonds is 2. The highest BCUT2D eigenvalue weighted by Crippen LogP contribution is 2.60. The van der Waals surface area contributed by atoms with Crippen LogP contribution < -0.4 is 4.90 Å². The van der Waals surface area contributed by atoms with Crippen LogP contribution in [0, 0.1) is 11.6 Å². The Morgan fingerprint density at radius 1 is 0.574 bits per heavy atom. The molecular weight excluding hydrogens is 588 g/mol. The van der Waals surface area contributed by atoms with Gasteiger partial charge >= 0.3 is 0 Å². The lowest BCUT2D eigenvalue weighted by Gasteiger charge is -2.37. The fourth-order valence-electron chi connectivity index (χ4n) is 8.35. The molecule has 6 aromatic carbocycles. The van der Waals surface area contributed by atoms with Crippen LogP contribution in [0.1, 0.15) is 58.4 Å². The SMILES string of the molecule is O=C1C(=C/C=C2\N(c3cccc4cc5ccccc5cc34)c3ccc4ccccc4c3C23CCCCC3)C(=O)c2cc(F)c(F)cc21. The van der Waals surface area contributed by atoms with Crippen molar-refractivity contribution in [1.29, 1.82) is 0 Å². The molecule has 0 radical (unpaired) electrons. The number of Topliss-reactive ketones (excluding diaryl/α,β-unsaturated/α-hetero) is 2. The molecule has 47 heavy (non-hydrogen) atoms. The molecule has 1 aliphatic heterocycles. The molecule has 1 heterocycles. The zero-order valence-electron chi connectivity index (χ0n) is 25.5. The Balaban J connectivity index is 1.33. The lowest BCUT2D eigenvalue weighted by atomic mass is 9.67. The third-order valence-electron chi connectivity index (χ3n) is 10.5. The Kier molecular flexibility index (Phi) is 6.10. The van der Waals surface area contributed by atoms with Gasteiger partial charge in [0.15, 0.2) is 23.2 Å². The summed E-state index contributed by atoms with van der Waals surface area (Å²) in [6.07, 6.45) is 8.60. The number of halogens is 2. The number of fused-ring (bicyclic) bond motifs is 7. The fraction of sp³-hybridized carbons (Fsp3) is 0.143. The minimum absolute atomic E-state index is 0.0758. The number of carbonyl (C=O) groups is 2. The highest BCUT2D eigenvalue weighted by molar-refractivity contribution is 6.39.